The number of carbonyl (C=O) groups is 1. The minimum absolute atomic E-state index is 0.0365. The summed E-state index contributed by atoms with van der Waals surface area (Å²) in [6.07, 6.45) is 1.76. The van der Waals surface area contributed by atoms with Gasteiger partial charge in [0.2, 0.25) is 15.8 Å². The van der Waals surface area contributed by atoms with E-state index in [2.05, 4.69) is 5.32 Å². The van der Waals surface area contributed by atoms with Crippen LogP contribution in [0.1, 0.15) is 21.7 Å². The predicted octanol–water partition coefficient (Wildman–Crippen LogP) is 2.29. The number of halogens is 2. The summed E-state index contributed by atoms with van der Waals surface area (Å²) in [7, 11) is -3.26. The van der Waals surface area contributed by atoms with Gasteiger partial charge in [-0.25, -0.2) is 21.5 Å². The number of ketones is 1. The van der Waals surface area contributed by atoms with Crippen LogP contribution in [0.25, 0.3) is 0 Å². The number of nitrogens with one attached hydrogen (secondary N) is 1. The summed E-state index contributed by atoms with van der Waals surface area (Å²) >= 11 is 0.988. The first-order valence-corrected chi connectivity index (χ1v) is 10.4. The van der Waals surface area contributed by atoms with Gasteiger partial charge in [-0.2, -0.15) is 0 Å². The maximum atomic E-state index is 13.8. The Hall–Kier alpha value is -2.04. The van der Waals surface area contributed by atoms with Crippen LogP contribution in [0.4, 0.5) is 19.5 Å². The van der Waals surface area contributed by atoms with E-state index in [1.54, 1.807) is 0 Å². The smallest absolute Gasteiger partial charge is 0.211 e. The van der Waals surface area contributed by atoms with E-state index in [-0.39, 0.29) is 16.6 Å². The van der Waals surface area contributed by atoms with Gasteiger partial charge in [0.25, 0.3) is 0 Å². The van der Waals surface area contributed by atoms with Gasteiger partial charge < -0.3 is 11.1 Å². The van der Waals surface area contributed by atoms with Crippen LogP contribution in [0.3, 0.4) is 0 Å². The third-order valence-corrected chi connectivity index (χ3v) is 6.47. The van der Waals surface area contributed by atoms with Crippen molar-refractivity contribution in [3.63, 3.8) is 0 Å². The van der Waals surface area contributed by atoms with Crippen molar-refractivity contribution in [3.8, 4) is 0 Å². The molecule has 1 aromatic carbocycles. The molecule has 0 unspecified atom stereocenters. The standard InChI is InChI=1S/C16H17F2N3O3S2/c1-26(23,24)21-6-5-9(8-21)20-13-7-12(19)16(25-13)15(22)14-10(17)3-2-4-11(14)18/h2-4,7,9,20H,5-6,8,19H2,1H3/t9-/m0/s1. The molecule has 1 aliphatic rings. The van der Waals surface area contributed by atoms with Crippen molar-refractivity contribution < 1.29 is 22.0 Å². The molecule has 3 N–H and O–H groups in total. The van der Waals surface area contributed by atoms with E-state index in [4.69, 9.17) is 5.73 Å². The van der Waals surface area contributed by atoms with E-state index in [1.165, 1.54) is 16.4 Å². The van der Waals surface area contributed by atoms with Crippen molar-refractivity contribution in [2.45, 2.75) is 12.5 Å². The summed E-state index contributed by atoms with van der Waals surface area (Å²) < 4.78 is 52.2. The van der Waals surface area contributed by atoms with Crippen LogP contribution >= 0.6 is 11.3 Å². The van der Waals surface area contributed by atoms with Gasteiger partial charge in [0.15, 0.2) is 0 Å². The molecule has 0 saturated carbocycles. The molecule has 1 aromatic heterocycles. The van der Waals surface area contributed by atoms with Gasteiger partial charge in [0.05, 0.1) is 22.5 Å². The summed E-state index contributed by atoms with van der Waals surface area (Å²) in [6.45, 7) is 0.714. The van der Waals surface area contributed by atoms with Gasteiger partial charge in [-0.15, -0.1) is 11.3 Å². The molecule has 140 valence electrons. The largest absolute Gasteiger partial charge is 0.397 e. The average molecular weight is 401 g/mol. The average Bonchev–Trinajstić information content (AvgIpc) is 3.14. The first kappa shape index (κ1) is 18.7. The second-order valence-electron chi connectivity index (χ2n) is 6.07. The van der Waals surface area contributed by atoms with E-state index < -0.39 is 33.0 Å². The third kappa shape index (κ3) is 3.71. The van der Waals surface area contributed by atoms with Crippen LogP contribution in [0, 0.1) is 11.6 Å². The minimum atomic E-state index is -3.26. The van der Waals surface area contributed by atoms with Crippen LogP contribution in [0.15, 0.2) is 24.3 Å². The molecule has 0 aliphatic carbocycles. The van der Waals surface area contributed by atoms with E-state index in [1.807, 2.05) is 0 Å². The highest BCUT2D eigenvalue weighted by atomic mass is 32.2. The molecule has 0 spiro atoms. The number of anilines is 2. The summed E-state index contributed by atoms with van der Waals surface area (Å²) in [4.78, 5) is 12.5. The molecule has 2 aromatic rings. The SMILES string of the molecule is CS(=O)(=O)N1CC[C@H](Nc2cc(N)c(C(=O)c3c(F)cccc3F)s2)C1. The fourth-order valence-corrected chi connectivity index (χ4v) is 4.72. The van der Waals surface area contributed by atoms with Crippen molar-refractivity contribution in [1.82, 2.24) is 4.31 Å². The molecule has 0 radical (unpaired) electrons. The number of rotatable bonds is 5. The fourth-order valence-electron chi connectivity index (χ4n) is 2.83. The predicted molar refractivity (Wildman–Crippen MR) is 97.0 cm³/mol. The topological polar surface area (TPSA) is 92.5 Å². The minimum Gasteiger partial charge on any atom is -0.397 e. The molecule has 2 heterocycles. The Morgan fingerprint density at radius 1 is 1.35 bits per heavy atom. The normalized spacial score (nSPS) is 18.2. The number of thiophene rings is 1. The van der Waals surface area contributed by atoms with E-state index in [0.29, 0.717) is 24.5 Å². The number of nitrogens with zero attached hydrogens (tertiary/aromatic N) is 1. The molecule has 10 heteroatoms. The van der Waals surface area contributed by atoms with Crippen LogP contribution in [-0.4, -0.2) is 43.9 Å². The lowest BCUT2D eigenvalue weighted by Crippen LogP contribution is -2.30. The van der Waals surface area contributed by atoms with Crippen LogP contribution < -0.4 is 11.1 Å². The Labute approximate surface area is 153 Å². The Bertz CT molecular complexity index is 939. The molecular weight excluding hydrogens is 384 g/mol. The molecule has 3 rings (SSSR count). The van der Waals surface area contributed by atoms with Crippen molar-refractivity contribution in [3.05, 3.63) is 46.3 Å². The summed E-state index contributed by atoms with van der Waals surface area (Å²) in [5.41, 5.74) is 5.32. The third-order valence-electron chi connectivity index (χ3n) is 4.12. The number of benzene rings is 1. The second-order valence-corrected chi connectivity index (χ2v) is 9.11. The summed E-state index contributed by atoms with van der Waals surface area (Å²) in [5, 5.41) is 3.68. The highest BCUT2D eigenvalue weighted by Gasteiger charge is 2.29. The number of hydrogen-bond donors (Lipinski definition) is 2. The monoisotopic (exact) mass is 401 g/mol. The number of sulfonamides is 1. The molecule has 0 amide bonds. The first-order chi connectivity index (χ1) is 12.2. The van der Waals surface area contributed by atoms with Gasteiger partial charge in [0, 0.05) is 19.1 Å². The van der Waals surface area contributed by atoms with E-state index in [9.17, 15) is 22.0 Å². The van der Waals surface area contributed by atoms with Crippen molar-refractivity contribution in [2.24, 2.45) is 0 Å². The van der Waals surface area contributed by atoms with Crippen molar-refractivity contribution >= 4 is 37.8 Å². The highest BCUT2D eigenvalue weighted by Crippen LogP contribution is 2.33. The Morgan fingerprint density at radius 2 is 2.00 bits per heavy atom. The Morgan fingerprint density at radius 3 is 2.58 bits per heavy atom. The fraction of sp³-hybridized carbons (Fsp3) is 0.312. The molecule has 1 saturated heterocycles. The number of nitrogens with two attached hydrogens (primary N) is 1. The summed E-state index contributed by atoms with van der Waals surface area (Å²) in [6, 6.07) is 4.59. The van der Waals surface area contributed by atoms with Gasteiger partial charge in [-0.1, -0.05) is 6.07 Å². The number of hydrogen-bond acceptors (Lipinski definition) is 6. The number of carbonyl (C=O) groups excluding carboxylic acids is 1. The van der Waals surface area contributed by atoms with Crippen molar-refractivity contribution in [2.75, 3.05) is 30.4 Å². The number of nitrogen functional groups attached to an aromatic ring is 1. The quantitative estimate of drug-likeness (QED) is 0.750. The van der Waals surface area contributed by atoms with E-state index in [0.717, 1.165) is 29.7 Å². The molecule has 1 aliphatic heterocycles. The zero-order valence-corrected chi connectivity index (χ0v) is 15.5. The van der Waals surface area contributed by atoms with Gasteiger partial charge in [-0.3, -0.25) is 4.79 Å². The zero-order chi connectivity index (χ0) is 19.1. The van der Waals surface area contributed by atoms with Crippen LogP contribution in [0.5, 0.6) is 0 Å². The highest BCUT2D eigenvalue weighted by molar-refractivity contribution is 7.88. The lowest BCUT2D eigenvalue weighted by Gasteiger charge is -2.14. The molecular formula is C16H17F2N3O3S2. The lowest BCUT2D eigenvalue weighted by atomic mass is 10.1. The molecule has 1 fully saturated rings. The van der Waals surface area contributed by atoms with Gasteiger partial charge in [-0.05, 0) is 24.6 Å². The van der Waals surface area contributed by atoms with Gasteiger partial charge in [0.1, 0.15) is 16.5 Å². The molecule has 1 atom stereocenters. The first-order valence-electron chi connectivity index (χ1n) is 7.76. The van der Waals surface area contributed by atoms with Crippen molar-refractivity contribution in [1.29, 1.82) is 0 Å². The zero-order valence-electron chi connectivity index (χ0n) is 13.8. The van der Waals surface area contributed by atoms with Crippen LogP contribution in [0.2, 0.25) is 0 Å². The van der Waals surface area contributed by atoms with Crippen LogP contribution in [-0.2, 0) is 10.0 Å². The lowest BCUT2D eigenvalue weighted by molar-refractivity contribution is 0.103. The Balaban J connectivity index is 1.79. The summed E-state index contributed by atoms with van der Waals surface area (Å²) in [5.74, 6) is -2.71. The molecule has 26 heavy (non-hydrogen) atoms. The van der Waals surface area contributed by atoms with E-state index >= 15 is 0 Å². The second kappa shape index (κ2) is 6.93. The maximum absolute atomic E-state index is 13.8. The van der Waals surface area contributed by atoms with Gasteiger partial charge >= 0.3 is 0 Å². The molecule has 0 bridgehead atoms. The Kier molecular flexibility index (Phi) is 5.00. The maximum Gasteiger partial charge on any atom is 0.211 e. The molecule has 6 nitrogen and oxygen atoms in total.